The van der Waals surface area contributed by atoms with E-state index in [1.165, 1.54) is 12.1 Å². The molecule has 1 rings (SSSR count). The summed E-state index contributed by atoms with van der Waals surface area (Å²) >= 11 is 0. The van der Waals surface area contributed by atoms with Crippen LogP contribution >= 0.6 is 12.4 Å². The number of nitrogens with zero attached hydrogens (tertiary/aromatic N) is 1. The molecule has 1 unspecified atom stereocenters. The lowest BCUT2D eigenvalue weighted by atomic mass is 10.1. The number of hydrogen-bond acceptors (Lipinski definition) is 4. The lowest BCUT2D eigenvalue weighted by Crippen LogP contribution is -2.32. The van der Waals surface area contributed by atoms with E-state index in [4.69, 9.17) is 5.73 Å². The Morgan fingerprint density at radius 3 is 2.59 bits per heavy atom. The molecule has 7 heteroatoms. The zero-order valence-electron chi connectivity index (χ0n) is 9.47. The van der Waals surface area contributed by atoms with Crippen LogP contribution in [0.3, 0.4) is 0 Å². The van der Waals surface area contributed by atoms with Gasteiger partial charge in [-0.2, -0.15) is 0 Å². The highest BCUT2D eigenvalue weighted by molar-refractivity contribution is 5.95. The van der Waals surface area contributed by atoms with Crippen LogP contribution in [0, 0.1) is 17.0 Å². The van der Waals surface area contributed by atoms with Crippen LogP contribution in [0.1, 0.15) is 12.5 Å². The molecule has 0 radical (unpaired) electrons. The van der Waals surface area contributed by atoms with Crippen LogP contribution in [0.2, 0.25) is 0 Å². The maximum absolute atomic E-state index is 11.3. The Kier molecular flexibility index (Phi) is 5.57. The maximum Gasteiger partial charge on any atom is 0.271 e. The summed E-state index contributed by atoms with van der Waals surface area (Å²) in [5, 5.41) is 13.1. The third-order valence-corrected chi connectivity index (χ3v) is 2.10. The monoisotopic (exact) mass is 259 g/mol. The summed E-state index contributed by atoms with van der Waals surface area (Å²) in [7, 11) is 0. The molecule has 6 nitrogen and oxygen atoms in total. The van der Waals surface area contributed by atoms with Crippen molar-refractivity contribution in [3.05, 3.63) is 33.9 Å². The number of nitro benzene ring substituents is 1. The summed E-state index contributed by atoms with van der Waals surface area (Å²) < 4.78 is 0. The van der Waals surface area contributed by atoms with Gasteiger partial charge in [0.25, 0.3) is 5.69 Å². The number of rotatable bonds is 3. The van der Waals surface area contributed by atoms with Crippen molar-refractivity contribution >= 4 is 29.7 Å². The molecule has 0 bridgehead atoms. The van der Waals surface area contributed by atoms with E-state index in [2.05, 4.69) is 5.32 Å². The van der Waals surface area contributed by atoms with Crippen LogP contribution in [-0.2, 0) is 4.79 Å². The molecule has 0 aliphatic carbocycles. The first-order valence-electron chi connectivity index (χ1n) is 4.73. The highest BCUT2D eigenvalue weighted by Crippen LogP contribution is 2.21. The second kappa shape index (κ2) is 6.17. The number of nitrogens with one attached hydrogen (secondary N) is 1. The molecule has 1 aromatic rings. The number of carbonyl (C=O) groups excluding carboxylic acids is 1. The number of nitro groups is 1. The number of non-ortho nitro benzene ring substituents is 1. The van der Waals surface area contributed by atoms with Crippen LogP contribution in [0.4, 0.5) is 11.4 Å². The van der Waals surface area contributed by atoms with Gasteiger partial charge in [-0.25, -0.2) is 0 Å². The minimum atomic E-state index is -0.654. The van der Waals surface area contributed by atoms with Crippen molar-refractivity contribution in [1.29, 1.82) is 0 Å². The van der Waals surface area contributed by atoms with Gasteiger partial charge in [0.15, 0.2) is 0 Å². The fourth-order valence-electron chi connectivity index (χ4n) is 1.10. The van der Waals surface area contributed by atoms with Crippen molar-refractivity contribution in [3.63, 3.8) is 0 Å². The SMILES string of the molecule is Cc1ccc([N+](=O)[O-])cc1NC(=O)C(C)N.Cl. The first-order valence-corrected chi connectivity index (χ1v) is 4.73. The number of aryl methyl sites for hydroxylation is 1. The Bertz CT molecular complexity index is 435. The van der Waals surface area contributed by atoms with E-state index in [1.54, 1.807) is 19.9 Å². The first-order chi connectivity index (χ1) is 7.41. The van der Waals surface area contributed by atoms with Gasteiger partial charge in [0.05, 0.1) is 16.7 Å². The molecule has 1 amide bonds. The van der Waals surface area contributed by atoms with Crippen molar-refractivity contribution < 1.29 is 9.72 Å². The van der Waals surface area contributed by atoms with E-state index in [0.717, 1.165) is 5.56 Å². The summed E-state index contributed by atoms with van der Waals surface area (Å²) in [5.41, 5.74) is 6.48. The molecular formula is C10H14ClN3O3. The molecule has 17 heavy (non-hydrogen) atoms. The minimum Gasteiger partial charge on any atom is -0.324 e. The van der Waals surface area contributed by atoms with Crippen molar-refractivity contribution in [3.8, 4) is 0 Å². The van der Waals surface area contributed by atoms with E-state index in [1.807, 2.05) is 0 Å². The van der Waals surface area contributed by atoms with Gasteiger partial charge >= 0.3 is 0 Å². The maximum atomic E-state index is 11.3. The Labute approximate surface area is 105 Å². The molecule has 0 fully saturated rings. The Hall–Kier alpha value is -1.66. The van der Waals surface area contributed by atoms with Crippen LogP contribution in [-0.4, -0.2) is 16.9 Å². The lowest BCUT2D eigenvalue weighted by molar-refractivity contribution is -0.384. The van der Waals surface area contributed by atoms with E-state index >= 15 is 0 Å². The number of halogens is 1. The number of anilines is 1. The second-order valence-corrected chi connectivity index (χ2v) is 3.53. The van der Waals surface area contributed by atoms with Crippen LogP contribution in [0.15, 0.2) is 18.2 Å². The van der Waals surface area contributed by atoms with Gasteiger partial charge in [-0.1, -0.05) is 6.07 Å². The van der Waals surface area contributed by atoms with Crippen molar-refractivity contribution in [2.45, 2.75) is 19.9 Å². The predicted molar refractivity (Wildman–Crippen MR) is 67.4 cm³/mol. The number of hydrogen-bond donors (Lipinski definition) is 2. The number of benzene rings is 1. The molecule has 0 spiro atoms. The predicted octanol–water partition coefficient (Wildman–Crippen LogP) is 1.61. The molecule has 3 N–H and O–H groups in total. The zero-order valence-corrected chi connectivity index (χ0v) is 10.3. The highest BCUT2D eigenvalue weighted by atomic mass is 35.5. The molecular weight excluding hydrogens is 246 g/mol. The van der Waals surface area contributed by atoms with Gasteiger partial charge in [-0.3, -0.25) is 14.9 Å². The fourth-order valence-corrected chi connectivity index (χ4v) is 1.10. The van der Waals surface area contributed by atoms with Crippen molar-refractivity contribution in [2.24, 2.45) is 5.73 Å². The number of carbonyl (C=O) groups is 1. The summed E-state index contributed by atoms with van der Waals surface area (Å²) in [6, 6.07) is 3.63. The van der Waals surface area contributed by atoms with Gasteiger partial charge in [-0.05, 0) is 19.4 Å². The van der Waals surface area contributed by atoms with Gasteiger partial charge in [0.2, 0.25) is 5.91 Å². The second-order valence-electron chi connectivity index (χ2n) is 3.53. The van der Waals surface area contributed by atoms with E-state index in [0.29, 0.717) is 5.69 Å². The van der Waals surface area contributed by atoms with Crippen molar-refractivity contribution in [2.75, 3.05) is 5.32 Å². The lowest BCUT2D eigenvalue weighted by Gasteiger charge is -2.09. The van der Waals surface area contributed by atoms with Gasteiger partial charge in [0.1, 0.15) is 0 Å². The van der Waals surface area contributed by atoms with Crippen molar-refractivity contribution in [1.82, 2.24) is 0 Å². The molecule has 0 aromatic heterocycles. The van der Waals surface area contributed by atoms with Crippen LogP contribution in [0.5, 0.6) is 0 Å². The third kappa shape index (κ3) is 4.01. The van der Waals surface area contributed by atoms with E-state index in [9.17, 15) is 14.9 Å². The van der Waals surface area contributed by atoms with Gasteiger partial charge < -0.3 is 11.1 Å². The standard InChI is InChI=1S/C10H13N3O3.ClH/c1-6-3-4-8(13(15)16)5-9(6)12-10(14)7(2)11;/h3-5,7H,11H2,1-2H3,(H,12,14);1H. The molecule has 1 atom stereocenters. The zero-order chi connectivity index (χ0) is 12.3. The molecule has 0 aliphatic heterocycles. The first kappa shape index (κ1) is 15.3. The molecule has 0 saturated carbocycles. The Morgan fingerprint density at radius 2 is 2.12 bits per heavy atom. The number of nitrogens with two attached hydrogens (primary N) is 1. The Morgan fingerprint density at radius 1 is 1.53 bits per heavy atom. The van der Waals surface area contributed by atoms with Gasteiger partial charge in [0, 0.05) is 12.1 Å². The van der Waals surface area contributed by atoms with E-state index in [-0.39, 0.29) is 24.0 Å². The summed E-state index contributed by atoms with van der Waals surface area (Å²) in [4.78, 5) is 21.4. The fraction of sp³-hybridized carbons (Fsp3) is 0.300. The van der Waals surface area contributed by atoms with E-state index < -0.39 is 11.0 Å². The number of amides is 1. The summed E-state index contributed by atoms with van der Waals surface area (Å²) in [6.07, 6.45) is 0. The van der Waals surface area contributed by atoms with Gasteiger partial charge in [-0.15, -0.1) is 12.4 Å². The molecule has 0 saturated heterocycles. The largest absolute Gasteiger partial charge is 0.324 e. The molecule has 0 heterocycles. The highest BCUT2D eigenvalue weighted by Gasteiger charge is 2.12. The third-order valence-electron chi connectivity index (χ3n) is 2.10. The quantitative estimate of drug-likeness (QED) is 0.636. The minimum absolute atomic E-state index is 0. The topological polar surface area (TPSA) is 98.3 Å². The smallest absolute Gasteiger partial charge is 0.271 e. The molecule has 94 valence electrons. The average molecular weight is 260 g/mol. The van der Waals surface area contributed by atoms with Crippen LogP contribution in [0.25, 0.3) is 0 Å². The van der Waals surface area contributed by atoms with Crippen LogP contribution < -0.4 is 11.1 Å². The summed E-state index contributed by atoms with van der Waals surface area (Å²) in [5.74, 6) is -0.372. The normalized spacial score (nSPS) is 11.2. The Balaban J connectivity index is 0.00000256. The molecule has 1 aromatic carbocycles. The molecule has 0 aliphatic rings. The summed E-state index contributed by atoms with van der Waals surface area (Å²) in [6.45, 7) is 3.29. The average Bonchev–Trinajstić information content (AvgIpc) is 2.20.